The van der Waals surface area contributed by atoms with Gasteiger partial charge in [0.1, 0.15) is 5.82 Å². The van der Waals surface area contributed by atoms with Crippen LogP contribution in [-0.2, 0) is 11.3 Å². The van der Waals surface area contributed by atoms with Crippen LogP contribution in [-0.4, -0.2) is 65.9 Å². The summed E-state index contributed by atoms with van der Waals surface area (Å²) in [5.74, 6) is 0.453. The third-order valence-corrected chi connectivity index (χ3v) is 6.05. The summed E-state index contributed by atoms with van der Waals surface area (Å²) in [6.07, 6.45) is 3.68. The number of amides is 2. The van der Waals surface area contributed by atoms with E-state index in [1.165, 1.54) is 5.56 Å². The van der Waals surface area contributed by atoms with Gasteiger partial charge in [-0.2, -0.15) is 0 Å². The van der Waals surface area contributed by atoms with Crippen molar-refractivity contribution in [2.75, 3.05) is 44.2 Å². The standard InChI is InChI=1S/C23H29N5O2/c24-21(29)20-9-4-10-25-22(20)27-12-14-28(15-13-27)23(30)19-8-5-11-26(17-19)16-18-6-2-1-3-7-18/h1-4,6-7,9-10,19H,5,8,11-17H2,(H2,24,29). The largest absolute Gasteiger partial charge is 0.365 e. The van der Waals surface area contributed by atoms with E-state index < -0.39 is 5.91 Å². The van der Waals surface area contributed by atoms with Crippen LogP contribution in [0.25, 0.3) is 0 Å². The first kappa shape index (κ1) is 20.3. The monoisotopic (exact) mass is 407 g/mol. The highest BCUT2D eigenvalue weighted by atomic mass is 16.2. The number of hydrogen-bond acceptors (Lipinski definition) is 5. The molecular formula is C23H29N5O2. The fourth-order valence-electron chi connectivity index (χ4n) is 4.48. The molecular weight excluding hydrogens is 378 g/mol. The number of piperidine rings is 1. The zero-order valence-corrected chi connectivity index (χ0v) is 17.2. The van der Waals surface area contributed by atoms with Crippen molar-refractivity contribution in [2.45, 2.75) is 19.4 Å². The van der Waals surface area contributed by atoms with Crippen LogP contribution in [0.5, 0.6) is 0 Å². The van der Waals surface area contributed by atoms with E-state index in [9.17, 15) is 9.59 Å². The Bertz CT molecular complexity index is 880. The van der Waals surface area contributed by atoms with Crippen LogP contribution in [0.15, 0.2) is 48.7 Å². The number of hydrogen-bond donors (Lipinski definition) is 1. The van der Waals surface area contributed by atoms with Gasteiger partial charge in [-0.05, 0) is 37.1 Å². The van der Waals surface area contributed by atoms with Crippen molar-refractivity contribution in [3.63, 3.8) is 0 Å². The van der Waals surface area contributed by atoms with Gasteiger partial charge in [-0.1, -0.05) is 30.3 Å². The number of pyridine rings is 1. The summed E-state index contributed by atoms with van der Waals surface area (Å²) in [7, 11) is 0. The Morgan fingerprint density at radius 3 is 2.50 bits per heavy atom. The lowest BCUT2D eigenvalue weighted by Gasteiger charge is -2.39. The van der Waals surface area contributed by atoms with Crippen molar-refractivity contribution in [1.82, 2.24) is 14.8 Å². The molecule has 0 spiro atoms. The molecule has 2 fully saturated rings. The van der Waals surface area contributed by atoms with Gasteiger partial charge >= 0.3 is 0 Å². The lowest BCUT2D eigenvalue weighted by Crippen LogP contribution is -2.53. The number of likely N-dealkylation sites (tertiary alicyclic amines) is 1. The van der Waals surface area contributed by atoms with E-state index >= 15 is 0 Å². The summed E-state index contributed by atoms with van der Waals surface area (Å²) >= 11 is 0. The van der Waals surface area contributed by atoms with E-state index in [-0.39, 0.29) is 11.8 Å². The molecule has 1 unspecified atom stereocenters. The Morgan fingerprint density at radius 1 is 1.00 bits per heavy atom. The van der Waals surface area contributed by atoms with E-state index in [0.29, 0.717) is 37.6 Å². The Balaban J connectivity index is 1.33. The Hall–Kier alpha value is -2.93. The highest BCUT2D eigenvalue weighted by molar-refractivity contribution is 5.97. The zero-order chi connectivity index (χ0) is 20.9. The molecule has 2 aromatic rings. The van der Waals surface area contributed by atoms with Crippen LogP contribution >= 0.6 is 0 Å². The van der Waals surface area contributed by atoms with Crippen molar-refractivity contribution in [1.29, 1.82) is 0 Å². The van der Waals surface area contributed by atoms with Crippen molar-refractivity contribution < 1.29 is 9.59 Å². The Morgan fingerprint density at radius 2 is 1.77 bits per heavy atom. The van der Waals surface area contributed by atoms with Gasteiger partial charge in [-0.3, -0.25) is 14.5 Å². The second-order valence-corrected chi connectivity index (χ2v) is 8.11. The molecule has 0 saturated carbocycles. The number of anilines is 1. The molecule has 4 rings (SSSR count). The summed E-state index contributed by atoms with van der Waals surface area (Å²) in [4.78, 5) is 35.6. The summed E-state index contributed by atoms with van der Waals surface area (Å²) in [5, 5.41) is 0. The van der Waals surface area contributed by atoms with Crippen molar-refractivity contribution in [2.24, 2.45) is 11.7 Å². The maximum absolute atomic E-state index is 13.2. The number of carbonyl (C=O) groups is 2. The molecule has 7 heteroatoms. The molecule has 3 heterocycles. The van der Waals surface area contributed by atoms with E-state index in [0.717, 1.165) is 32.5 Å². The first-order valence-corrected chi connectivity index (χ1v) is 10.7. The SMILES string of the molecule is NC(=O)c1cccnc1N1CCN(C(=O)C2CCCN(Cc3ccccc3)C2)CC1. The number of aromatic nitrogens is 1. The van der Waals surface area contributed by atoms with Crippen LogP contribution in [0.1, 0.15) is 28.8 Å². The van der Waals surface area contributed by atoms with E-state index in [4.69, 9.17) is 5.73 Å². The van der Waals surface area contributed by atoms with Crippen molar-refractivity contribution in [3.8, 4) is 0 Å². The molecule has 2 aliphatic rings. The van der Waals surface area contributed by atoms with E-state index in [1.54, 1.807) is 18.3 Å². The number of rotatable bonds is 5. The summed E-state index contributed by atoms with van der Waals surface area (Å²) in [6.45, 7) is 5.36. The average molecular weight is 408 g/mol. The van der Waals surface area contributed by atoms with Crippen molar-refractivity contribution in [3.05, 3.63) is 59.8 Å². The number of nitrogens with zero attached hydrogens (tertiary/aromatic N) is 4. The average Bonchev–Trinajstić information content (AvgIpc) is 2.79. The summed E-state index contributed by atoms with van der Waals surface area (Å²) in [6, 6.07) is 13.9. The molecule has 2 saturated heterocycles. The molecule has 30 heavy (non-hydrogen) atoms. The molecule has 2 aliphatic heterocycles. The number of nitrogens with two attached hydrogens (primary N) is 1. The van der Waals surface area contributed by atoms with Gasteiger partial charge in [0.2, 0.25) is 5.91 Å². The van der Waals surface area contributed by atoms with Gasteiger partial charge in [0.15, 0.2) is 0 Å². The van der Waals surface area contributed by atoms with Gasteiger partial charge in [0.25, 0.3) is 5.91 Å². The summed E-state index contributed by atoms with van der Waals surface area (Å²) < 4.78 is 0. The minimum absolute atomic E-state index is 0.0602. The minimum Gasteiger partial charge on any atom is -0.365 e. The maximum Gasteiger partial charge on any atom is 0.252 e. The number of primary amides is 1. The highest BCUT2D eigenvalue weighted by Gasteiger charge is 2.31. The third kappa shape index (κ3) is 4.62. The molecule has 7 nitrogen and oxygen atoms in total. The van der Waals surface area contributed by atoms with Gasteiger partial charge in [0, 0.05) is 45.5 Å². The molecule has 0 radical (unpaired) electrons. The third-order valence-electron chi connectivity index (χ3n) is 6.05. The molecule has 1 atom stereocenters. The van der Waals surface area contributed by atoms with Crippen LogP contribution in [0, 0.1) is 5.92 Å². The Kier molecular flexibility index (Phi) is 6.28. The summed E-state index contributed by atoms with van der Waals surface area (Å²) in [5.41, 5.74) is 7.21. The number of benzene rings is 1. The highest BCUT2D eigenvalue weighted by Crippen LogP contribution is 2.23. The number of piperazine rings is 1. The zero-order valence-electron chi connectivity index (χ0n) is 17.2. The molecule has 2 N–H and O–H groups in total. The second-order valence-electron chi connectivity index (χ2n) is 8.11. The maximum atomic E-state index is 13.2. The first-order chi connectivity index (χ1) is 14.6. The van der Waals surface area contributed by atoms with E-state index in [2.05, 4.69) is 34.1 Å². The topological polar surface area (TPSA) is 82.8 Å². The van der Waals surface area contributed by atoms with Gasteiger partial charge < -0.3 is 15.5 Å². The molecule has 0 aliphatic carbocycles. The second kappa shape index (κ2) is 9.26. The minimum atomic E-state index is -0.475. The smallest absolute Gasteiger partial charge is 0.252 e. The quantitative estimate of drug-likeness (QED) is 0.816. The predicted octanol–water partition coefficient (Wildman–Crippen LogP) is 1.74. The predicted molar refractivity (Wildman–Crippen MR) is 116 cm³/mol. The molecule has 0 bridgehead atoms. The van der Waals surface area contributed by atoms with Gasteiger partial charge in [-0.15, -0.1) is 0 Å². The molecule has 2 amide bonds. The molecule has 158 valence electrons. The fraction of sp³-hybridized carbons (Fsp3) is 0.435. The van der Waals surface area contributed by atoms with E-state index in [1.807, 2.05) is 15.9 Å². The Labute approximate surface area is 177 Å². The first-order valence-electron chi connectivity index (χ1n) is 10.7. The van der Waals surface area contributed by atoms with Gasteiger partial charge in [0.05, 0.1) is 11.5 Å². The molecule has 1 aromatic heterocycles. The van der Waals surface area contributed by atoms with Crippen molar-refractivity contribution >= 4 is 17.6 Å². The van der Waals surface area contributed by atoms with Gasteiger partial charge in [-0.25, -0.2) is 4.98 Å². The van der Waals surface area contributed by atoms with Crippen LogP contribution < -0.4 is 10.6 Å². The number of carbonyl (C=O) groups excluding carboxylic acids is 2. The van der Waals surface area contributed by atoms with Crippen LogP contribution in [0.2, 0.25) is 0 Å². The van der Waals surface area contributed by atoms with Crippen LogP contribution in [0.4, 0.5) is 5.82 Å². The van der Waals surface area contributed by atoms with Crippen LogP contribution in [0.3, 0.4) is 0 Å². The normalized spacial score (nSPS) is 20.2. The fourth-order valence-corrected chi connectivity index (χ4v) is 4.48. The lowest BCUT2D eigenvalue weighted by atomic mass is 9.95. The lowest BCUT2D eigenvalue weighted by molar-refractivity contribution is -0.137. The molecule has 1 aromatic carbocycles.